The molecule has 1 aliphatic heterocycles. The summed E-state index contributed by atoms with van der Waals surface area (Å²) in [5.74, 6) is -0.103. The second-order valence-corrected chi connectivity index (χ2v) is 1.99. The average molecular weight is 130 g/mol. The second kappa shape index (κ2) is 2.82. The molecule has 0 radical (unpaired) electrons. The van der Waals surface area contributed by atoms with Gasteiger partial charge < -0.3 is 9.47 Å². The molecule has 0 atom stereocenters. The van der Waals surface area contributed by atoms with Crippen LogP contribution in [0.25, 0.3) is 0 Å². The molecule has 0 aromatic heterocycles. The highest BCUT2D eigenvalue weighted by Gasteiger charge is 2.27. The predicted octanol–water partition coefficient (Wildman–Crippen LogP) is 0.196. The third-order valence-electron chi connectivity index (χ3n) is 1.26. The Morgan fingerprint density at radius 3 is 2.78 bits per heavy atom. The first-order chi connectivity index (χ1) is 4.34. The monoisotopic (exact) mass is 130 g/mol. The van der Waals surface area contributed by atoms with E-state index >= 15 is 0 Å². The molecule has 0 aromatic carbocycles. The van der Waals surface area contributed by atoms with Crippen LogP contribution in [0.3, 0.4) is 0 Å². The molecule has 1 heterocycles. The number of carbonyl (C=O) groups excluding carboxylic acids is 1. The average Bonchev–Trinajstić information content (AvgIpc) is 1.60. The molecule has 0 aromatic rings. The van der Waals surface area contributed by atoms with Crippen molar-refractivity contribution in [3.05, 3.63) is 0 Å². The Hall–Kier alpha value is -0.570. The van der Waals surface area contributed by atoms with Gasteiger partial charge in [-0.2, -0.15) is 0 Å². The number of hydrogen-bond donors (Lipinski definition) is 0. The Balaban J connectivity index is 2.16. The summed E-state index contributed by atoms with van der Waals surface area (Å²) in [6.45, 7) is 3.35. The van der Waals surface area contributed by atoms with E-state index < -0.39 is 0 Å². The molecule has 0 amide bonds. The molecule has 0 spiro atoms. The quantitative estimate of drug-likeness (QED) is 0.501. The van der Waals surface area contributed by atoms with Crippen molar-refractivity contribution in [2.45, 2.75) is 6.92 Å². The van der Waals surface area contributed by atoms with Crippen LogP contribution in [0, 0.1) is 5.92 Å². The SMILES string of the molecule is CCOC(=O)C1COC1. The van der Waals surface area contributed by atoms with Crippen LogP contribution in [0.15, 0.2) is 0 Å². The van der Waals surface area contributed by atoms with E-state index in [0.29, 0.717) is 19.8 Å². The highest BCUT2D eigenvalue weighted by atomic mass is 16.5. The molecule has 1 fully saturated rings. The number of carbonyl (C=O) groups is 1. The zero-order valence-corrected chi connectivity index (χ0v) is 5.42. The topological polar surface area (TPSA) is 35.5 Å². The molecular formula is C6H10O3. The lowest BCUT2D eigenvalue weighted by Gasteiger charge is -2.23. The highest BCUT2D eigenvalue weighted by molar-refractivity contribution is 5.73. The van der Waals surface area contributed by atoms with Crippen molar-refractivity contribution < 1.29 is 14.3 Å². The summed E-state index contributed by atoms with van der Waals surface area (Å²) < 4.78 is 9.53. The summed E-state index contributed by atoms with van der Waals surface area (Å²) in [4.78, 5) is 10.7. The van der Waals surface area contributed by atoms with Gasteiger partial charge in [0.25, 0.3) is 0 Å². The van der Waals surface area contributed by atoms with E-state index in [9.17, 15) is 4.79 Å². The van der Waals surface area contributed by atoms with Crippen LogP contribution in [0.1, 0.15) is 6.92 Å². The van der Waals surface area contributed by atoms with E-state index in [1.54, 1.807) is 6.92 Å². The first-order valence-corrected chi connectivity index (χ1v) is 3.09. The Morgan fingerprint density at radius 2 is 2.44 bits per heavy atom. The fraction of sp³-hybridized carbons (Fsp3) is 0.833. The first kappa shape index (κ1) is 6.55. The molecule has 0 bridgehead atoms. The van der Waals surface area contributed by atoms with Crippen LogP contribution < -0.4 is 0 Å². The smallest absolute Gasteiger partial charge is 0.313 e. The van der Waals surface area contributed by atoms with Crippen LogP contribution in [0.5, 0.6) is 0 Å². The van der Waals surface area contributed by atoms with Crippen molar-refractivity contribution in [1.82, 2.24) is 0 Å². The van der Waals surface area contributed by atoms with E-state index in [1.807, 2.05) is 0 Å². The van der Waals surface area contributed by atoms with E-state index in [4.69, 9.17) is 9.47 Å². The summed E-state index contributed by atoms with van der Waals surface area (Å²) >= 11 is 0. The van der Waals surface area contributed by atoms with Crippen molar-refractivity contribution >= 4 is 5.97 Å². The maximum absolute atomic E-state index is 10.7. The number of rotatable bonds is 2. The Kier molecular flexibility index (Phi) is 2.05. The van der Waals surface area contributed by atoms with Gasteiger partial charge in [-0.3, -0.25) is 4.79 Å². The van der Waals surface area contributed by atoms with E-state index in [0.717, 1.165) is 0 Å². The van der Waals surface area contributed by atoms with Crippen molar-refractivity contribution in [1.29, 1.82) is 0 Å². The first-order valence-electron chi connectivity index (χ1n) is 3.09. The fourth-order valence-corrected chi connectivity index (χ4v) is 0.632. The Morgan fingerprint density at radius 1 is 1.78 bits per heavy atom. The standard InChI is InChI=1S/C6H10O3/c1-2-9-6(7)5-3-8-4-5/h5H,2-4H2,1H3. The molecule has 0 saturated carbocycles. The molecule has 0 unspecified atom stereocenters. The maximum atomic E-state index is 10.7. The number of hydrogen-bond acceptors (Lipinski definition) is 3. The molecule has 3 nitrogen and oxygen atoms in total. The normalized spacial score (nSPS) is 18.8. The van der Waals surface area contributed by atoms with Gasteiger partial charge in [-0.05, 0) is 6.92 Å². The minimum Gasteiger partial charge on any atom is -0.466 e. The minimum absolute atomic E-state index is 0.0185. The van der Waals surface area contributed by atoms with Crippen LogP contribution in [-0.2, 0) is 14.3 Å². The van der Waals surface area contributed by atoms with Crippen LogP contribution in [0.2, 0.25) is 0 Å². The third kappa shape index (κ3) is 1.42. The molecule has 0 aliphatic carbocycles. The van der Waals surface area contributed by atoms with Crippen LogP contribution in [0.4, 0.5) is 0 Å². The highest BCUT2D eigenvalue weighted by Crippen LogP contribution is 2.10. The summed E-state index contributed by atoms with van der Waals surface area (Å²) in [5.41, 5.74) is 0. The molecule has 9 heavy (non-hydrogen) atoms. The lowest BCUT2D eigenvalue weighted by Crippen LogP contribution is -2.35. The van der Waals surface area contributed by atoms with Crippen molar-refractivity contribution in [2.24, 2.45) is 5.92 Å². The van der Waals surface area contributed by atoms with Gasteiger partial charge in [-0.15, -0.1) is 0 Å². The number of esters is 1. The van der Waals surface area contributed by atoms with Crippen molar-refractivity contribution in [3.63, 3.8) is 0 Å². The van der Waals surface area contributed by atoms with Gasteiger partial charge in [0, 0.05) is 0 Å². The lowest BCUT2D eigenvalue weighted by molar-refractivity contribution is -0.162. The molecular weight excluding hydrogens is 120 g/mol. The fourth-order valence-electron chi connectivity index (χ4n) is 0.632. The summed E-state index contributed by atoms with van der Waals surface area (Å²) in [7, 11) is 0. The van der Waals surface area contributed by atoms with Gasteiger partial charge in [0.2, 0.25) is 0 Å². The van der Waals surface area contributed by atoms with Gasteiger partial charge in [-0.1, -0.05) is 0 Å². The van der Waals surface area contributed by atoms with Gasteiger partial charge in [0.15, 0.2) is 0 Å². The second-order valence-electron chi connectivity index (χ2n) is 1.99. The molecule has 52 valence electrons. The molecule has 1 saturated heterocycles. The maximum Gasteiger partial charge on any atom is 0.313 e. The van der Waals surface area contributed by atoms with Crippen LogP contribution in [-0.4, -0.2) is 25.8 Å². The molecule has 1 aliphatic rings. The van der Waals surface area contributed by atoms with Gasteiger partial charge >= 0.3 is 5.97 Å². The summed E-state index contributed by atoms with van der Waals surface area (Å²) in [5, 5.41) is 0. The van der Waals surface area contributed by atoms with Crippen molar-refractivity contribution in [2.75, 3.05) is 19.8 Å². The van der Waals surface area contributed by atoms with Gasteiger partial charge in [0.05, 0.1) is 19.8 Å². The van der Waals surface area contributed by atoms with Gasteiger partial charge in [-0.25, -0.2) is 0 Å². The molecule has 3 heteroatoms. The van der Waals surface area contributed by atoms with E-state index in [1.165, 1.54) is 0 Å². The van der Waals surface area contributed by atoms with E-state index in [-0.39, 0.29) is 11.9 Å². The largest absolute Gasteiger partial charge is 0.466 e. The zero-order chi connectivity index (χ0) is 6.69. The Bertz CT molecular complexity index is 107. The molecule has 0 N–H and O–H groups in total. The lowest BCUT2D eigenvalue weighted by atomic mass is 10.1. The van der Waals surface area contributed by atoms with Crippen molar-refractivity contribution in [3.8, 4) is 0 Å². The summed E-state index contributed by atoms with van der Waals surface area (Å²) in [6.07, 6.45) is 0. The van der Waals surface area contributed by atoms with Gasteiger partial charge in [0.1, 0.15) is 5.92 Å². The Labute approximate surface area is 53.9 Å². The third-order valence-corrected chi connectivity index (χ3v) is 1.26. The van der Waals surface area contributed by atoms with E-state index in [2.05, 4.69) is 0 Å². The zero-order valence-electron chi connectivity index (χ0n) is 5.42. The summed E-state index contributed by atoms with van der Waals surface area (Å²) in [6, 6.07) is 0. The van der Waals surface area contributed by atoms with Crippen LogP contribution >= 0.6 is 0 Å². The predicted molar refractivity (Wildman–Crippen MR) is 30.9 cm³/mol. The number of ether oxygens (including phenoxy) is 2. The molecule has 1 rings (SSSR count). The minimum atomic E-state index is -0.122.